The Bertz CT molecular complexity index is 561. The van der Waals surface area contributed by atoms with Crippen LogP contribution in [0.15, 0.2) is 18.2 Å². The Morgan fingerprint density at radius 1 is 1.33 bits per heavy atom. The summed E-state index contributed by atoms with van der Waals surface area (Å²) in [5, 5.41) is 12.4. The van der Waals surface area contributed by atoms with Crippen molar-refractivity contribution in [1.82, 2.24) is 0 Å². The summed E-state index contributed by atoms with van der Waals surface area (Å²) in [6.45, 7) is 1.96. The van der Waals surface area contributed by atoms with Gasteiger partial charge in [-0.3, -0.25) is 9.59 Å². The summed E-state index contributed by atoms with van der Waals surface area (Å²) in [5.74, 6) is -1.66. The summed E-state index contributed by atoms with van der Waals surface area (Å²) in [5.41, 5.74) is 0.457. The molecule has 1 aliphatic rings. The van der Waals surface area contributed by atoms with Crippen molar-refractivity contribution in [3.05, 3.63) is 23.2 Å². The van der Waals surface area contributed by atoms with Gasteiger partial charge >= 0.3 is 5.97 Å². The lowest BCUT2D eigenvalue weighted by Crippen LogP contribution is -2.30. The molecule has 0 spiro atoms. The molecular formula is C15H18ClNO4. The first-order valence-electron chi connectivity index (χ1n) is 6.79. The number of rotatable bonds is 4. The minimum atomic E-state index is -0.919. The summed E-state index contributed by atoms with van der Waals surface area (Å²) >= 11 is 5.92. The van der Waals surface area contributed by atoms with Gasteiger partial charge in [-0.25, -0.2) is 0 Å². The van der Waals surface area contributed by atoms with Crippen LogP contribution < -0.4 is 10.1 Å². The number of anilines is 1. The number of aliphatic carboxylic acids is 1. The van der Waals surface area contributed by atoms with E-state index < -0.39 is 17.8 Å². The molecule has 2 N–H and O–H groups in total. The third-order valence-electron chi connectivity index (χ3n) is 3.87. The molecule has 2 rings (SSSR count). The van der Waals surface area contributed by atoms with E-state index in [1.807, 2.05) is 6.92 Å². The number of carboxylic acids is 1. The van der Waals surface area contributed by atoms with Crippen LogP contribution in [0.3, 0.4) is 0 Å². The van der Waals surface area contributed by atoms with E-state index in [2.05, 4.69) is 5.32 Å². The van der Waals surface area contributed by atoms with Crippen LogP contribution in [0.25, 0.3) is 0 Å². The maximum atomic E-state index is 12.4. The normalized spacial score (nSPS) is 24.6. The molecule has 0 aromatic heterocycles. The quantitative estimate of drug-likeness (QED) is 0.896. The molecule has 1 aromatic carbocycles. The van der Waals surface area contributed by atoms with Crippen molar-refractivity contribution >= 4 is 29.2 Å². The van der Waals surface area contributed by atoms with Gasteiger partial charge in [0.2, 0.25) is 5.91 Å². The van der Waals surface area contributed by atoms with Gasteiger partial charge in [0.25, 0.3) is 0 Å². The van der Waals surface area contributed by atoms with Crippen LogP contribution in [0, 0.1) is 17.8 Å². The molecule has 1 saturated carbocycles. The van der Waals surface area contributed by atoms with Crippen LogP contribution in [0.2, 0.25) is 5.02 Å². The lowest BCUT2D eigenvalue weighted by Gasteiger charge is -2.17. The minimum absolute atomic E-state index is 0.225. The fourth-order valence-corrected chi connectivity index (χ4v) is 3.03. The topological polar surface area (TPSA) is 75.6 Å². The summed E-state index contributed by atoms with van der Waals surface area (Å²) in [7, 11) is 1.50. The van der Waals surface area contributed by atoms with Crippen molar-refractivity contribution < 1.29 is 19.4 Å². The lowest BCUT2D eigenvalue weighted by molar-refractivity contribution is -0.145. The first-order valence-corrected chi connectivity index (χ1v) is 7.17. The number of carboxylic acid groups (broad SMARTS) is 1. The van der Waals surface area contributed by atoms with Crippen LogP contribution in [0.1, 0.15) is 19.8 Å². The van der Waals surface area contributed by atoms with Crippen molar-refractivity contribution in [1.29, 1.82) is 0 Å². The Hall–Kier alpha value is -1.75. The fourth-order valence-electron chi connectivity index (χ4n) is 2.86. The predicted molar refractivity (Wildman–Crippen MR) is 79.6 cm³/mol. The monoisotopic (exact) mass is 311 g/mol. The molecule has 0 radical (unpaired) electrons. The molecule has 1 amide bonds. The van der Waals surface area contributed by atoms with Gasteiger partial charge in [-0.1, -0.05) is 18.5 Å². The molecule has 6 heteroatoms. The minimum Gasteiger partial charge on any atom is -0.495 e. The van der Waals surface area contributed by atoms with Crippen molar-refractivity contribution in [3.8, 4) is 5.75 Å². The number of carbonyl (C=O) groups is 2. The highest BCUT2D eigenvalue weighted by Crippen LogP contribution is 2.38. The number of halogens is 1. The van der Waals surface area contributed by atoms with Crippen LogP contribution in [0.4, 0.5) is 5.69 Å². The van der Waals surface area contributed by atoms with Gasteiger partial charge in [0, 0.05) is 5.02 Å². The van der Waals surface area contributed by atoms with Crippen molar-refractivity contribution in [2.24, 2.45) is 17.8 Å². The zero-order chi connectivity index (χ0) is 15.6. The second-order valence-electron chi connectivity index (χ2n) is 5.46. The van der Waals surface area contributed by atoms with Crippen LogP contribution in [-0.4, -0.2) is 24.1 Å². The second-order valence-corrected chi connectivity index (χ2v) is 5.90. The summed E-state index contributed by atoms with van der Waals surface area (Å²) in [6, 6.07) is 4.91. The molecule has 5 nitrogen and oxygen atoms in total. The van der Waals surface area contributed by atoms with Gasteiger partial charge in [0.05, 0.1) is 24.6 Å². The first kappa shape index (κ1) is 15.6. The van der Waals surface area contributed by atoms with E-state index in [4.69, 9.17) is 16.3 Å². The molecule has 21 heavy (non-hydrogen) atoms. The predicted octanol–water partition coefficient (Wildman–Crippen LogP) is 3.03. The van der Waals surface area contributed by atoms with Gasteiger partial charge < -0.3 is 15.2 Å². The number of methoxy groups -OCH3 is 1. The zero-order valence-corrected chi connectivity index (χ0v) is 12.7. The number of benzene rings is 1. The molecule has 1 aromatic rings. The van der Waals surface area contributed by atoms with Crippen molar-refractivity contribution in [2.45, 2.75) is 19.8 Å². The van der Waals surface area contributed by atoms with Crippen LogP contribution in [-0.2, 0) is 9.59 Å². The highest BCUT2D eigenvalue weighted by Gasteiger charge is 2.41. The molecule has 1 aliphatic carbocycles. The van der Waals surface area contributed by atoms with E-state index in [1.165, 1.54) is 7.11 Å². The average molecular weight is 312 g/mol. The van der Waals surface area contributed by atoms with Crippen LogP contribution >= 0.6 is 11.6 Å². The highest BCUT2D eigenvalue weighted by molar-refractivity contribution is 6.31. The van der Waals surface area contributed by atoms with E-state index in [-0.39, 0.29) is 11.8 Å². The number of nitrogens with one attached hydrogen (secondary N) is 1. The van der Waals surface area contributed by atoms with Crippen molar-refractivity contribution in [3.63, 3.8) is 0 Å². The lowest BCUT2D eigenvalue weighted by atomic mass is 9.95. The summed E-state index contributed by atoms with van der Waals surface area (Å²) < 4.78 is 5.17. The van der Waals surface area contributed by atoms with Gasteiger partial charge in [-0.15, -0.1) is 0 Å². The SMILES string of the molecule is COc1ccc(Cl)cc1NC(=O)C1CC(C)CC1C(=O)O. The molecular weight excluding hydrogens is 294 g/mol. The zero-order valence-electron chi connectivity index (χ0n) is 11.9. The molecule has 114 valence electrons. The Labute approximate surface area is 128 Å². The molecule has 1 fully saturated rings. The second kappa shape index (κ2) is 6.35. The van der Waals surface area contributed by atoms with E-state index in [9.17, 15) is 14.7 Å². The summed E-state index contributed by atoms with van der Waals surface area (Å²) in [4.78, 5) is 23.6. The van der Waals surface area contributed by atoms with Gasteiger partial charge in [-0.2, -0.15) is 0 Å². The number of hydrogen-bond donors (Lipinski definition) is 2. The number of hydrogen-bond acceptors (Lipinski definition) is 3. The molecule has 0 aliphatic heterocycles. The molecule has 3 unspecified atom stereocenters. The Kier molecular flexibility index (Phi) is 4.73. The van der Waals surface area contributed by atoms with Gasteiger partial charge in [0.15, 0.2) is 0 Å². The number of ether oxygens (including phenoxy) is 1. The maximum Gasteiger partial charge on any atom is 0.307 e. The largest absolute Gasteiger partial charge is 0.495 e. The fraction of sp³-hybridized carbons (Fsp3) is 0.467. The number of amides is 1. The molecule has 3 atom stereocenters. The first-order chi connectivity index (χ1) is 9.92. The summed E-state index contributed by atoms with van der Waals surface area (Å²) in [6.07, 6.45) is 1.10. The van der Waals surface area contributed by atoms with Gasteiger partial charge in [0.1, 0.15) is 5.75 Å². The molecule has 0 saturated heterocycles. The maximum absolute atomic E-state index is 12.4. The third kappa shape index (κ3) is 3.47. The highest BCUT2D eigenvalue weighted by atomic mass is 35.5. The van der Waals surface area contributed by atoms with Crippen LogP contribution in [0.5, 0.6) is 5.75 Å². The van der Waals surface area contributed by atoms with Crippen molar-refractivity contribution in [2.75, 3.05) is 12.4 Å². The number of carbonyl (C=O) groups excluding carboxylic acids is 1. The Morgan fingerprint density at radius 3 is 2.62 bits per heavy atom. The average Bonchev–Trinajstić information content (AvgIpc) is 2.81. The molecule has 0 bridgehead atoms. The van der Waals surface area contributed by atoms with E-state index >= 15 is 0 Å². The van der Waals surface area contributed by atoms with Gasteiger partial charge in [-0.05, 0) is 37.0 Å². The van der Waals surface area contributed by atoms with E-state index in [0.717, 1.165) is 0 Å². The van der Waals surface area contributed by atoms with E-state index in [0.29, 0.717) is 29.3 Å². The smallest absolute Gasteiger partial charge is 0.307 e. The Morgan fingerprint density at radius 2 is 2.00 bits per heavy atom. The standard InChI is InChI=1S/C15H18ClNO4/c1-8-5-10(11(6-8)15(19)20)14(18)17-12-7-9(16)3-4-13(12)21-2/h3-4,7-8,10-11H,5-6H2,1-2H3,(H,17,18)(H,19,20). The Balaban J connectivity index is 2.18. The third-order valence-corrected chi connectivity index (χ3v) is 4.11. The molecule has 0 heterocycles. The van der Waals surface area contributed by atoms with E-state index in [1.54, 1.807) is 18.2 Å².